The summed E-state index contributed by atoms with van der Waals surface area (Å²) in [4.78, 5) is 24.8. The van der Waals surface area contributed by atoms with Crippen LogP contribution in [0.5, 0.6) is 0 Å². The van der Waals surface area contributed by atoms with Crippen LogP contribution in [0.25, 0.3) is 5.69 Å². The molecule has 1 atom stereocenters. The van der Waals surface area contributed by atoms with Gasteiger partial charge in [0.05, 0.1) is 24.5 Å². The quantitative estimate of drug-likeness (QED) is 0.817. The molecule has 0 saturated carbocycles. The van der Waals surface area contributed by atoms with Crippen molar-refractivity contribution in [2.24, 2.45) is 0 Å². The van der Waals surface area contributed by atoms with Crippen molar-refractivity contribution in [1.29, 1.82) is 0 Å². The summed E-state index contributed by atoms with van der Waals surface area (Å²) in [5, 5.41) is 7.15. The van der Waals surface area contributed by atoms with E-state index in [2.05, 4.69) is 17.0 Å². The van der Waals surface area contributed by atoms with E-state index in [0.717, 1.165) is 23.0 Å². The molecule has 1 aromatic heterocycles. The van der Waals surface area contributed by atoms with Gasteiger partial charge in [-0.05, 0) is 44.2 Å². The Morgan fingerprint density at radius 2 is 2.04 bits per heavy atom. The minimum Gasteiger partial charge on any atom is -0.348 e. The van der Waals surface area contributed by atoms with Crippen molar-refractivity contribution < 1.29 is 14.0 Å². The van der Waals surface area contributed by atoms with Crippen LogP contribution in [0, 0.1) is 12.7 Å². The second kappa shape index (κ2) is 7.74. The second-order valence-electron chi connectivity index (χ2n) is 5.76. The Labute approximate surface area is 145 Å². The fraction of sp³-hybridized carbons (Fsp3) is 0.278. The van der Waals surface area contributed by atoms with E-state index in [4.69, 9.17) is 0 Å². The summed E-state index contributed by atoms with van der Waals surface area (Å²) in [6, 6.07) is 5.73. The summed E-state index contributed by atoms with van der Waals surface area (Å²) in [5.74, 6) is -0.908. The van der Waals surface area contributed by atoms with Gasteiger partial charge in [0.25, 0.3) is 0 Å². The first-order valence-corrected chi connectivity index (χ1v) is 7.80. The number of rotatable bonds is 6. The molecule has 7 heteroatoms. The topological polar surface area (TPSA) is 67.2 Å². The molecule has 0 radical (unpaired) electrons. The highest BCUT2D eigenvalue weighted by molar-refractivity contribution is 5.90. The van der Waals surface area contributed by atoms with Crippen LogP contribution in [0.3, 0.4) is 0 Å². The van der Waals surface area contributed by atoms with Gasteiger partial charge in [-0.15, -0.1) is 0 Å². The minimum absolute atomic E-state index is 0.0552. The smallest absolute Gasteiger partial charge is 0.246 e. The van der Waals surface area contributed by atoms with Gasteiger partial charge < -0.3 is 10.2 Å². The van der Waals surface area contributed by atoms with Crippen molar-refractivity contribution in [2.75, 3.05) is 13.6 Å². The highest BCUT2D eigenvalue weighted by Gasteiger charge is 2.18. The number of carbonyl (C=O) groups is 2. The largest absolute Gasteiger partial charge is 0.348 e. The molecular weight excluding hydrogens is 323 g/mol. The number of amides is 2. The van der Waals surface area contributed by atoms with Crippen LogP contribution in [-0.4, -0.2) is 40.1 Å². The van der Waals surface area contributed by atoms with Gasteiger partial charge in [0.2, 0.25) is 11.8 Å². The van der Waals surface area contributed by atoms with Crippen molar-refractivity contribution in [2.45, 2.75) is 19.9 Å². The number of hydrogen-bond acceptors (Lipinski definition) is 3. The van der Waals surface area contributed by atoms with Crippen LogP contribution in [0.1, 0.15) is 24.2 Å². The van der Waals surface area contributed by atoms with Crippen molar-refractivity contribution in [1.82, 2.24) is 20.0 Å². The molecule has 0 aliphatic heterocycles. The molecule has 2 rings (SSSR count). The molecule has 1 N–H and O–H groups in total. The lowest BCUT2D eigenvalue weighted by molar-refractivity contribution is -0.131. The maximum absolute atomic E-state index is 13.1. The summed E-state index contributed by atoms with van der Waals surface area (Å²) in [5.41, 5.74) is 2.42. The lowest BCUT2D eigenvalue weighted by atomic mass is 10.1. The average Bonchev–Trinajstić information content (AvgIpc) is 2.96. The Bertz CT molecular complexity index is 783. The fourth-order valence-corrected chi connectivity index (χ4v) is 2.50. The van der Waals surface area contributed by atoms with Gasteiger partial charge in [-0.3, -0.25) is 9.59 Å². The van der Waals surface area contributed by atoms with E-state index in [1.54, 1.807) is 23.0 Å². The van der Waals surface area contributed by atoms with E-state index < -0.39 is 0 Å². The Morgan fingerprint density at radius 1 is 1.40 bits per heavy atom. The fourth-order valence-electron chi connectivity index (χ4n) is 2.50. The number of carbonyl (C=O) groups excluding carboxylic acids is 2. The van der Waals surface area contributed by atoms with Crippen molar-refractivity contribution in [3.05, 3.63) is 60.2 Å². The second-order valence-corrected chi connectivity index (χ2v) is 5.76. The van der Waals surface area contributed by atoms with Gasteiger partial charge in [0, 0.05) is 18.3 Å². The van der Waals surface area contributed by atoms with E-state index in [1.807, 2.05) is 13.8 Å². The summed E-state index contributed by atoms with van der Waals surface area (Å²) < 4.78 is 14.7. The molecule has 25 heavy (non-hydrogen) atoms. The van der Waals surface area contributed by atoms with Gasteiger partial charge in [-0.25, -0.2) is 9.07 Å². The maximum Gasteiger partial charge on any atom is 0.246 e. The third kappa shape index (κ3) is 4.32. The van der Waals surface area contributed by atoms with E-state index in [1.165, 1.54) is 24.1 Å². The molecule has 0 aliphatic carbocycles. The Morgan fingerprint density at radius 3 is 2.64 bits per heavy atom. The van der Waals surface area contributed by atoms with E-state index in [9.17, 15) is 14.0 Å². The highest BCUT2D eigenvalue weighted by Crippen LogP contribution is 2.20. The van der Waals surface area contributed by atoms with Gasteiger partial charge in [-0.2, -0.15) is 5.10 Å². The molecule has 2 aromatic rings. The first-order valence-electron chi connectivity index (χ1n) is 7.80. The van der Waals surface area contributed by atoms with Crippen LogP contribution in [0.4, 0.5) is 4.39 Å². The van der Waals surface area contributed by atoms with E-state index in [0.29, 0.717) is 0 Å². The molecule has 6 nitrogen and oxygen atoms in total. The summed E-state index contributed by atoms with van der Waals surface area (Å²) in [6.07, 6.45) is 2.83. The highest BCUT2D eigenvalue weighted by atomic mass is 19.1. The third-order valence-corrected chi connectivity index (χ3v) is 3.89. The predicted molar refractivity (Wildman–Crippen MR) is 92.7 cm³/mol. The molecule has 1 aromatic carbocycles. The number of nitrogens with zero attached hydrogens (tertiary/aromatic N) is 3. The Balaban J connectivity index is 2.09. The van der Waals surface area contributed by atoms with Gasteiger partial charge in [0.15, 0.2) is 0 Å². The van der Waals surface area contributed by atoms with Crippen molar-refractivity contribution in [3.63, 3.8) is 0 Å². The van der Waals surface area contributed by atoms with Gasteiger partial charge >= 0.3 is 0 Å². The lowest BCUT2D eigenvalue weighted by Crippen LogP contribution is -2.38. The standard InChI is InChI=1S/C18H21FN4O2/c1-5-18(25)22(4)11-17(24)21-12(2)16-10-20-23(13(16)3)15-8-6-14(19)7-9-15/h5-10,12H,1,11H2,2-4H3,(H,21,24). The monoisotopic (exact) mass is 344 g/mol. The number of likely N-dealkylation sites (N-methyl/N-ethyl adjacent to an activating group) is 1. The van der Waals surface area contributed by atoms with Crippen molar-refractivity contribution >= 4 is 11.8 Å². The zero-order valence-corrected chi connectivity index (χ0v) is 14.5. The first kappa shape index (κ1) is 18.4. The van der Waals surface area contributed by atoms with Gasteiger partial charge in [0.1, 0.15) is 5.82 Å². The summed E-state index contributed by atoms with van der Waals surface area (Å²) in [6.45, 7) is 7.05. The summed E-state index contributed by atoms with van der Waals surface area (Å²) >= 11 is 0. The normalized spacial score (nSPS) is 11.7. The van der Waals surface area contributed by atoms with Crippen LogP contribution >= 0.6 is 0 Å². The minimum atomic E-state index is -0.317. The molecule has 1 unspecified atom stereocenters. The Hall–Kier alpha value is -2.96. The van der Waals surface area contributed by atoms with Crippen LogP contribution in [0.2, 0.25) is 0 Å². The van der Waals surface area contributed by atoms with E-state index in [-0.39, 0.29) is 30.2 Å². The van der Waals surface area contributed by atoms with Crippen LogP contribution in [0.15, 0.2) is 43.1 Å². The molecule has 2 amide bonds. The SMILES string of the molecule is C=CC(=O)N(C)CC(=O)NC(C)c1cnn(-c2ccc(F)cc2)c1C. The molecular formula is C18H21FN4O2. The van der Waals surface area contributed by atoms with Gasteiger partial charge in [-0.1, -0.05) is 6.58 Å². The molecule has 132 valence electrons. The van der Waals surface area contributed by atoms with Crippen LogP contribution < -0.4 is 5.32 Å². The zero-order valence-electron chi connectivity index (χ0n) is 14.5. The number of nitrogens with one attached hydrogen (secondary N) is 1. The summed E-state index contributed by atoms with van der Waals surface area (Å²) in [7, 11) is 1.53. The molecule has 0 aliphatic rings. The average molecular weight is 344 g/mol. The van der Waals surface area contributed by atoms with Crippen LogP contribution in [-0.2, 0) is 9.59 Å². The first-order chi connectivity index (χ1) is 11.8. The zero-order chi connectivity index (χ0) is 18.6. The Kier molecular flexibility index (Phi) is 5.69. The molecule has 0 fully saturated rings. The van der Waals surface area contributed by atoms with Crippen molar-refractivity contribution in [3.8, 4) is 5.69 Å². The maximum atomic E-state index is 13.1. The number of halogens is 1. The molecule has 1 heterocycles. The molecule has 0 saturated heterocycles. The molecule has 0 bridgehead atoms. The predicted octanol–water partition coefficient (Wildman–Crippen LogP) is 2.14. The molecule has 0 spiro atoms. The number of hydrogen-bond donors (Lipinski definition) is 1. The number of benzene rings is 1. The lowest BCUT2D eigenvalue weighted by Gasteiger charge is -2.18. The van der Waals surface area contributed by atoms with E-state index >= 15 is 0 Å². The number of aromatic nitrogens is 2. The third-order valence-electron chi connectivity index (χ3n) is 3.89.